The fourth-order valence-corrected chi connectivity index (χ4v) is 3.31. The number of rotatable bonds is 5. The Morgan fingerprint density at radius 2 is 2.14 bits per heavy atom. The number of nitrogens with one attached hydrogen (secondary N) is 1. The largest absolute Gasteiger partial charge is 0.481 e. The lowest BCUT2D eigenvalue weighted by Gasteiger charge is -2.16. The quantitative estimate of drug-likeness (QED) is 0.886. The van der Waals surface area contributed by atoms with E-state index < -0.39 is 5.97 Å². The Morgan fingerprint density at radius 3 is 3.00 bits per heavy atom. The maximum atomic E-state index is 11.2. The summed E-state index contributed by atoms with van der Waals surface area (Å²) in [6.07, 6.45) is 4.66. The van der Waals surface area contributed by atoms with Crippen molar-refractivity contribution >= 4 is 16.9 Å². The van der Waals surface area contributed by atoms with Crippen molar-refractivity contribution in [3.05, 3.63) is 42.1 Å². The fourth-order valence-electron chi connectivity index (χ4n) is 3.31. The van der Waals surface area contributed by atoms with Crippen molar-refractivity contribution in [1.82, 2.24) is 10.3 Å². The Kier molecular flexibility index (Phi) is 4.15. The molecule has 0 aliphatic heterocycles. The van der Waals surface area contributed by atoms with Gasteiger partial charge in [-0.15, -0.1) is 0 Å². The molecule has 1 saturated carbocycles. The first-order chi connectivity index (χ1) is 10.3. The molecule has 0 spiro atoms. The zero-order valence-corrected chi connectivity index (χ0v) is 12.0. The normalized spacial score (nSPS) is 21.7. The molecule has 1 aromatic carbocycles. The molecule has 2 aromatic rings. The predicted octanol–water partition coefficient (Wildman–Crippen LogP) is 2.83. The second-order valence-corrected chi connectivity index (χ2v) is 5.76. The summed E-state index contributed by atoms with van der Waals surface area (Å²) in [5.74, 6) is -0.570. The summed E-state index contributed by atoms with van der Waals surface area (Å²) in [6.45, 7) is 1.50. The third kappa shape index (κ3) is 3.05. The van der Waals surface area contributed by atoms with E-state index in [9.17, 15) is 9.90 Å². The molecule has 1 heterocycles. The van der Waals surface area contributed by atoms with Crippen LogP contribution in [-0.2, 0) is 11.3 Å². The molecule has 0 saturated heterocycles. The summed E-state index contributed by atoms with van der Waals surface area (Å²) in [5, 5.41) is 13.8. The van der Waals surface area contributed by atoms with Crippen LogP contribution in [0.15, 0.2) is 36.5 Å². The van der Waals surface area contributed by atoms with Gasteiger partial charge in [0.2, 0.25) is 0 Å². The first-order valence-electron chi connectivity index (χ1n) is 7.52. The zero-order chi connectivity index (χ0) is 14.7. The number of carboxylic acid groups (broad SMARTS) is 1. The van der Waals surface area contributed by atoms with Crippen LogP contribution in [0, 0.1) is 11.8 Å². The minimum atomic E-state index is -0.647. The second-order valence-electron chi connectivity index (χ2n) is 5.76. The van der Waals surface area contributed by atoms with Crippen LogP contribution in [0.4, 0.5) is 0 Å². The van der Waals surface area contributed by atoms with E-state index in [1.165, 1.54) is 0 Å². The molecule has 1 aliphatic rings. The second kappa shape index (κ2) is 6.22. The average Bonchev–Trinajstić information content (AvgIpc) is 2.96. The fraction of sp³-hybridized carbons (Fsp3) is 0.412. The molecule has 0 bridgehead atoms. The summed E-state index contributed by atoms with van der Waals surface area (Å²) in [7, 11) is 0. The molecular formula is C17H20N2O2. The number of fused-ring (bicyclic) bond motifs is 1. The Hall–Kier alpha value is -1.94. The van der Waals surface area contributed by atoms with Gasteiger partial charge in [0, 0.05) is 18.1 Å². The van der Waals surface area contributed by atoms with Crippen LogP contribution in [0.1, 0.15) is 24.8 Å². The van der Waals surface area contributed by atoms with Crippen LogP contribution in [0.5, 0.6) is 0 Å². The summed E-state index contributed by atoms with van der Waals surface area (Å²) < 4.78 is 0. The molecule has 0 radical (unpaired) electrons. The molecule has 2 atom stereocenters. The highest BCUT2D eigenvalue weighted by molar-refractivity contribution is 5.81. The smallest absolute Gasteiger partial charge is 0.306 e. The predicted molar refractivity (Wildman–Crippen MR) is 81.9 cm³/mol. The van der Waals surface area contributed by atoms with Gasteiger partial charge in [-0.2, -0.15) is 0 Å². The van der Waals surface area contributed by atoms with Gasteiger partial charge in [0.05, 0.1) is 11.4 Å². The van der Waals surface area contributed by atoms with Crippen LogP contribution in [0.2, 0.25) is 0 Å². The van der Waals surface area contributed by atoms with Crippen molar-refractivity contribution in [2.45, 2.75) is 25.8 Å². The summed E-state index contributed by atoms with van der Waals surface area (Å²) in [4.78, 5) is 15.6. The molecule has 4 heteroatoms. The number of aliphatic carboxylic acids is 1. The van der Waals surface area contributed by atoms with Gasteiger partial charge in [-0.05, 0) is 36.9 Å². The number of carbonyl (C=O) groups is 1. The Balaban J connectivity index is 1.63. The minimum absolute atomic E-state index is 0.178. The van der Waals surface area contributed by atoms with Gasteiger partial charge in [-0.1, -0.05) is 30.7 Å². The monoisotopic (exact) mass is 284 g/mol. The zero-order valence-electron chi connectivity index (χ0n) is 12.0. The lowest BCUT2D eigenvalue weighted by atomic mass is 9.96. The number of para-hydroxylation sites is 1. The van der Waals surface area contributed by atoms with E-state index >= 15 is 0 Å². The highest BCUT2D eigenvalue weighted by Gasteiger charge is 2.32. The summed E-state index contributed by atoms with van der Waals surface area (Å²) >= 11 is 0. The third-order valence-corrected chi connectivity index (χ3v) is 4.41. The first-order valence-corrected chi connectivity index (χ1v) is 7.52. The molecule has 2 N–H and O–H groups in total. The van der Waals surface area contributed by atoms with E-state index in [0.29, 0.717) is 0 Å². The number of pyridine rings is 1. The van der Waals surface area contributed by atoms with Gasteiger partial charge < -0.3 is 10.4 Å². The van der Waals surface area contributed by atoms with Crippen molar-refractivity contribution in [2.75, 3.05) is 6.54 Å². The van der Waals surface area contributed by atoms with E-state index in [-0.39, 0.29) is 11.8 Å². The molecule has 4 nitrogen and oxygen atoms in total. The van der Waals surface area contributed by atoms with Crippen LogP contribution in [0.3, 0.4) is 0 Å². The van der Waals surface area contributed by atoms with Crippen molar-refractivity contribution in [3.8, 4) is 0 Å². The Bertz CT molecular complexity index is 636. The molecule has 1 aliphatic carbocycles. The van der Waals surface area contributed by atoms with Crippen LogP contribution in [-0.4, -0.2) is 22.6 Å². The molecule has 1 fully saturated rings. The van der Waals surface area contributed by atoms with Gasteiger partial charge in [0.25, 0.3) is 0 Å². The van der Waals surface area contributed by atoms with E-state index in [1.807, 2.05) is 18.3 Å². The van der Waals surface area contributed by atoms with Crippen molar-refractivity contribution in [2.24, 2.45) is 11.8 Å². The van der Waals surface area contributed by atoms with E-state index in [1.54, 1.807) is 0 Å². The van der Waals surface area contributed by atoms with Crippen LogP contribution < -0.4 is 5.32 Å². The number of aromatic nitrogens is 1. The Labute approximate surface area is 124 Å². The number of hydrogen-bond donors (Lipinski definition) is 2. The number of hydrogen-bond acceptors (Lipinski definition) is 3. The molecule has 110 valence electrons. The van der Waals surface area contributed by atoms with Crippen molar-refractivity contribution in [3.63, 3.8) is 0 Å². The number of carboxylic acids is 1. The molecule has 3 rings (SSSR count). The molecule has 21 heavy (non-hydrogen) atoms. The van der Waals surface area contributed by atoms with E-state index in [0.717, 1.165) is 48.8 Å². The standard InChI is InChI=1S/C17H20N2O2/c20-17(21)15-8-2-5-13(15)10-18-11-14-6-1-4-12-7-3-9-19-16(12)14/h1,3-4,6-7,9,13,15,18H,2,5,8,10-11H2,(H,20,21). The minimum Gasteiger partial charge on any atom is -0.481 e. The Morgan fingerprint density at radius 1 is 1.29 bits per heavy atom. The van der Waals surface area contributed by atoms with E-state index in [2.05, 4.69) is 28.5 Å². The maximum absolute atomic E-state index is 11.2. The molecular weight excluding hydrogens is 264 g/mol. The van der Waals surface area contributed by atoms with Gasteiger partial charge in [0.1, 0.15) is 0 Å². The summed E-state index contributed by atoms with van der Waals surface area (Å²) in [5.41, 5.74) is 2.19. The molecule has 0 amide bonds. The molecule has 2 unspecified atom stereocenters. The molecule has 1 aromatic heterocycles. The summed E-state index contributed by atoms with van der Waals surface area (Å²) in [6, 6.07) is 10.2. The number of benzene rings is 1. The number of nitrogens with zero attached hydrogens (tertiary/aromatic N) is 1. The van der Waals surface area contributed by atoms with Gasteiger partial charge in [-0.3, -0.25) is 9.78 Å². The highest BCUT2D eigenvalue weighted by atomic mass is 16.4. The average molecular weight is 284 g/mol. The van der Waals surface area contributed by atoms with Crippen molar-refractivity contribution < 1.29 is 9.90 Å². The third-order valence-electron chi connectivity index (χ3n) is 4.41. The lowest BCUT2D eigenvalue weighted by Crippen LogP contribution is -2.28. The highest BCUT2D eigenvalue weighted by Crippen LogP contribution is 2.31. The van der Waals surface area contributed by atoms with Crippen LogP contribution >= 0.6 is 0 Å². The maximum Gasteiger partial charge on any atom is 0.306 e. The topological polar surface area (TPSA) is 62.2 Å². The van der Waals surface area contributed by atoms with Crippen LogP contribution in [0.25, 0.3) is 10.9 Å². The van der Waals surface area contributed by atoms with Gasteiger partial charge in [0.15, 0.2) is 0 Å². The SMILES string of the molecule is O=C(O)C1CCCC1CNCc1cccc2cccnc12. The van der Waals surface area contributed by atoms with Gasteiger partial charge >= 0.3 is 5.97 Å². The van der Waals surface area contributed by atoms with E-state index in [4.69, 9.17) is 0 Å². The van der Waals surface area contributed by atoms with Crippen molar-refractivity contribution in [1.29, 1.82) is 0 Å². The van der Waals surface area contributed by atoms with Gasteiger partial charge in [-0.25, -0.2) is 0 Å². The lowest BCUT2D eigenvalue weighted by molar-refractivity contribution is -0.142. The first kappa shape index (κ1) is 14.0.